The summed E-state index contributed by atoms with van der Waals surface area (Å²) >= 11 is 1.79. The van der Waals surface area contributed by atoms with Crippen LogP contribution in [0.3, 0.4) is 0 Å². The number of hydrogen-bond donors (Lipinski definition) is 1. The fourth-order valence-electron chi connectivity index (χ4n) is 4.44. The van der Waals surface area contributed by atoms with Crippen molar-refractivity contribution in [2.45, 2.75) is 18.1 Å². The van der Waals surface area contributed by atoms with Crippen molar-refractivity contribution in [3.8, 4) is 0 Å². The zero-order chi connectivity index (χ0) is 29.6. The first-order chi connectivity index (χ1) is 20.8. The minimum Gasteiger partial charge on any atom is -0.379 e. The van der Waals surface area contributed by atoms with Crippen molar-refractivity contribution in [1.82, 2.24) is 5.32 Å². The van der Waals surface area contributed by atoms with Gasteiger partial charge in [-0.25, -0.2) is 0 Å². The van der Waals surface area contributed by atoms with E-state index in [4.69, 9.17) is 23.7 Å². The summed E-state index contributed by atoms with van der Waals surface area (Å²) in [4.78, 5) is 12.7. The van der Waals surface area contributed by atoms with Crippen LogP contribution in [0.4, 0.5) is 0 Å². The van der Waals surface area contributed by atoms with Crippen molar-refractivity contribution >= 4 is 17.7 Å². The number of benzene rings is 3. The molecule has 0 spiro atoms. The molecule has 3 rings (SSSR count). The highest BCUT2D eigenvalue weighted by atomic mass is 32.2. The molecule has 1 N–H and O–H groups in total. The third-order valence-electron chi connectivity index (χ3n) is 6.45. The first-order valence-electron chi connectivity index (χ1n) is 14.7. The summed E-state index contributed by atoms with van der Waals surface area (Å²) in [6, 6.07) is 31.6. The van der Waals surface area contributed by atoms with Gasteiger partial charge >= 0.3 is 0 Å². The first kappa shape index (κ1) is 33.8. The van der Waals surface area contributed by atoms with Crippen molar-refractivity contribution in [2.75, 3.05) is 78.4 Å². The lowest BCUT2D eigenvalue weighted by Gasteiger charge is -2.35. The van der Waals surface area contributed by atoms with Gasteiger partial charge in [-0.2, -0.15) is 0 Å². The van der Waals surface area contributed by atoms with Gasteiger partial charge in [-0.1, -0.05) is 91.0 Å². The Hall–Kier alpha value is -2.72. The number of ether oxygens (including phenoxy) is 5. The second kappa shape index (κ2) is 21.0. The highest BCUT2D eigenvalue weighted by molar-refractivity contribution is 8.00. The van der Waals surface area contributed by atoms with Gasteiger partial charge in [0.1, 0.15) is 0 Å². The average molecular weight is 596 g/mol. The Morgan fingerprint density at radius 1 is 0.595 bits per heavy atom. The van der Waals surface area contributed by atoms with Gasteiger partial charge in [0.25, 0.3) is 0 Å². The Bertz CT molecular complexity index is 990. The monoisotopic (exact) mass is 595 g/mol. The summed E-state index contributed by atoms with van der Waals surface area (Å²) in [5.41, 5.74) is 3.58. The summed E-state index contributed by atoms with van der Waals surface area (Å²) in [7, 11) is 0. The predicted octanol–water partition coefficient (Wildman–Crippen LogP) is 5.32. The van der Waals surface area contributed by atoms with Crippen molar-refractivity contribution in [3.63, 3.8) is 0 Å². The Balaban J connectivity index is 1.33. The number of hydrogen-bond acceptors (Lipinski definition) is 7. The van der Waals surface area contributed by atoms with Crippen molar-refractivity contribution in [1.29, 1.82) is 0 Å². The molecule has 0 aliphatic heterocycles. The Labute approximate surface area is 255 Å². The van der Waals surface area contributed by atoms with Crippen LogP contribution in [0.1, 0.15) is 30.0 Å². The topological polar surface area (TPSA) is 75.2 Å². The van der Waals surface area contributed by atoms with Gasteiger partial charge in [-0.15, -0.1) is 11.8 Å². The fraction of sp³-hybridized carbons (Fsp3) is 0.441. The summed E-state index contributed by atoms with van der Waals surface area (Å²) < 4.78 is 26.7. The van der Waals surface area contributed by atoms with Crippen molar-refractivity contribution in [2.24, 2.45) is 0 Å². The van der Waals surface area contributed by atoms with E-state index in [-0.39, 0.29) is 5.91 Å². The maximum Gasteiger partial charge on any atom is 0.220 e. The lowest BCUT2D eigenvalue weighted by molar-refractivity contribution is -0.120. The molecule has 0 radical (unpaired) electrons. The molecule has 0 heterocycles. The molecular weight excluding hydrogens is 550 g/mol. The molecule has 3 aromatic rings. The molecule has 7 nitrogen and oxygen atoms in total. The molecular formula is C34H45NO6S. The fourth-order valence-corrected chi connectivity index (χ4v) is 5.94. The van der Waals surface area contributed by atoms with Gasteiger partial charge in [-0.05, 0) is 23.6 Å². The van der Waals surface area contributed by atoms with E-state index in [1.54, 1.807) is 11.8 Å². The molecule has 0 aliphatic carbocycles. The highest BCUT2D eigenvalue weighted by Crippen LogP contribution is 2.48. The molecule has 1 amide bonds. The first-order valence-corrected chi connectivity index (χ1v) is 15.7. The molecule has 0 saturated heterocycles. The van der Waals surface area contributed by atoms with Gasteiger partial charge < -0.3 is 29.0 Å². The van der Waals surface area contributed by atoms with Gasteiger partial charge in [0.2, 0.25) is 5.91 Å². The molecule has 3 aromatic carbocycles. The maximum atomic E-state index is 12.7. The molecule has 0 saturated carbocycles. The Morgan fingerprint density at radius 2 is 0.976 bits per heavy atom. The molecule has 8 heteroatoms. The van der Waals surface area contributed by atoms with Crippen LogP contribution in [0.15, 0.2) is 91.0 Å². The number of rotatable bonds is 23. The predicted molar refractivity (Wildman–Crippen MR) is 169 cm³/mol. The van der Waals surface area contributed by atoms with Crippen LogP contribution in [0, 0.1) is 0 Å². The van der Waals surface area contributed by atoms with Crippen LogP contribution in [-0.2, 0) is 33.2 Å². The number of carbonyl (C=O) groups is 1. The zero-order valence-corrected chi connectivity index (χ0v) is 25.5. The van der Waals surface area contributed by atoms with Crippen LogP contribution in [-0.4, -0.2) is 84.3 Å². The van der Waals surface area contributed by atoms with E-state index in [0.29, 0.717) is 84.8 Å². The van der Waals surface area contributed by atoms with Crippen molar-refractivity contribution < 1.29 is 28.5 Å². The van der Waals surface area contributed by atoms with Gasteiger partial charge in [0, 0.05) is 25.3 Å². The van der Waals surface area contributed by atoms with Crippen molar-refractivity contribution in [3.05, 3.63) is 108 Å². The molecule has 228 valence electrons. The Kier molecular flexibility index (Phi) is 16.9. The smallest absolute Gasteiger partial charge is 0.220 e. The zero-order valence-electron chi connectivity index (χ0n) is 24.7. The van der Waals surface area contributed by atoms with E-state index < -0.39 is 4.75 Å². The summed E-state index contributed by atoms with van der Waals surface area (Å²) in [6.45, 7) is 7.85. The van der Waals surface area contributed by atoms with Crippen LogP contribution in [0.2, 0.25) is 0 Å². The van der Waals surface area contributed by atoms with E-state index in [1.165, 1.54) is 16.7 Å². The van der Waals surface area contributed by atoms with Gasteiger partial charge in [0.05, 0.1) is 64.2 Å². The summed E-state index contributed by atoms with van der Waals surface area (Å²) in [5, 5.41) is 2.98. The molecule has 42 heavy (non-hydrogen) atoms. The quantitative estimate of drug-likeness (QED) is 0.117. The summed E-state index contributed by atoms with van der Waals surface area (Å²) in [5.74, 6) is 0.685. The molecule has 0 unspecified atom stereocenters. The highest BCUT2D eigenvalue weighted by Gasteiger charge is 2.36. The second-order valence-corrected chi connectivity index (χ2v) is 10.7. The average Bonchev–Trinajstić information content (AvgIpc) is 3.04. The molecule has 0 aromatic heterocycles. The van der Waals surface area contributed by atoms with Crippen LogP contribution in [0.5, 0.6) is 0 Å². The normalized spacial score (nSPS) is 11.5. The van der Waals surface area contributed by atoms with Crippen LogP contribution >= 0.6 is 11.8 Å². The van der Waals surface area contributed by atoms with E-state index in [9.17, 15) is 4.79 Å². The van der Waals surface area contributed by atoms with Crippen LogP contribution < -0.4 is 5.32 Å². The standard InChI is InChI=1S/C34H45NO6S/c1-2-37-21-22-39-25-26-41-28-27-40-24-23-38-20-19-35-33(36)18-29-42-34(30-12-6-3-7-13-30,31-14-8-4-9-15-31)32-16-10-5-11-17-32/h3-17H,2,18-29H2,1H3,(H,35,36). The molecule has 0 fully saturated rings. The lowest BCUT2D eigenvalue weighted by atomic mass is 9.84. The lowest BCUT2D eigenvalue weighted by Crippen LogP contribution is -2.30. The number of thioether (sulfide) groups is 1. The van der Waals surface area contributed by atoms with E-state index in [0.717, 1.165) is 0 Å². The minimum absolute atomic E-state index is 0.0180. The van der Waals surface area contributed by atoms with Gasteiger partial charge in [0.15, 0.2) is 0 Å². The third kappa shape index (κ3) is 11.9. The number of nitrogens with one attached hydrogen (secondary N) is 1. The minimum atomic E-state index is -0.421. The van der Waals surface area contributed by atoms with Crippen LogP contribution in [0.25, 0.3) is 0 Å². The van der Waals surface area contributed by atoms with E-state index >= 15 is 0 Å². The Morgan fingerprint density at radius 3 is 1.38 bits per heavy atom. The molecule has 0 aliphatic rings. The van der Waals surface area contributed by atoms with E-state index in [2.05, 4.69) is 78.1 Å². The van der Waals surface area contributed by atoms with E-state index in [1.807, 2.05) is 25.1 Å². The third-order valence-corrected chi connectivity index (χ3v) is 8.00. The SMILES string of the molecule is CCOCCOCCOCCOCCOCCNC(=O)CCSC(c1ccccc1)(c1ccccc1)c1ccccc1. The summed E-state index contributed by atoms with van der Waals surface area (Å²) in [6.07, 6.45) is 0.416. The number of amides is 1. The second-order valence-electron chi connectivity index (χ2n) is 9.37. The maximum absolute atomic E-state index is 12.7. The number of carbonyl (C=O) groups excluding carboxylic acids is 1. The molecule has 0 atom stereocenters. The van der Waals surface area contributed by atoms with Gasteiger partial charge in [-0.3, -0.25) is 4.79 Å². The largest absolute Gasteiger partial charge is 0.379 e. The molecule has 0 bridgehead atoms.